The molecular weight excluding hydrogens is 244 g/mol. The van der Waals surface area contributed by atoms with Crippen LogP contribution in [0.25, 0.3) is 0 Å². The first-order valence-electron chi connectivity index (χ1n) is 7.52. The SMILES string of the molecule is CCc1ccc(CC(N)C2CC2c2ccccc2)nc1. The van der Waals surface area contributed by atoms with E-state index in [-0.39, 0.29) is 6.04 Å². The van der Waals surface area contributed by atoms with E-state index < -0.39 is 0 Å². The molecule has 2 heteroatoms. The second-order valence-electron chi connectivity index (χ2n) is 5.80. The van der Waals surface area contributed by atoms with E-state index in [0.717, 1.165) is 18.5 Å². The van der Waals surface area contributed by atoms with Crippen LogP contribution in [0.3, 0.4) is 0 Å². The summed E-state index contributed by atoms with van der Waals surface area (Å²) in [5, 5.41) is 0. The monoisotopic (exact) mass is 266 g/mol. The summed E-state index contributed by atoms with van der Waals surface area (Å²) in [7, 11) is 0. The van der Waals surface area contributed by atoms with Crippen LogP contribution >= 0.6 is 0 Å². The van der Waals surface area contributed by atoms with Gasteiger partial charge in [-0.1, -0.05) is 43.3 Å². The van der Waals surface area contributed by atoms with Crippen LogP contribution in [0, 0.1) is 5.92 Å². The average Bonchev–Trinajstić information content (AvgIpc) is 3.29. The topological polar surface area (TPSA) is 38.9 Å². The second-order valence-corrected chi connectivity index (χ2v) is 5.80. The molecule has 0 spiro atoms. The molecular formula is C18H22N2. The number of aryl methyl sites for hydroxylation is 1. The summed E-state index contributed by atoms with van der Waals surface area (Å²) in [6.07, 6.45) is 5.12. The molecule has 1 aliphatic rings. The van der Waals surface area contributed by atoms with Crippen LogP contribution in [0.4, 0.5) is 0 Å². The van der Waals surface area contributed by atoms with Gasteiger partial charge in [0.25, 0.3) is 0 Å². The Labute approximate surface area is 121 Å². The third-order valence-electron chi connectivity index (χ3n) is 4.36. The quantitative estimate of drug-likeness (QED) is 0.901. The number of hydrogen-bond acceptors (Lipinski definition) is 2. The molecule has 2 nitrogen and oxygen atoms in total. The predicted molar refractivity (Wildman–Crippen MR) is 82.6 cm³/mol. The molecule has 0 aliphatic heterocycles. The van der Waals surface area contributed by atoms with Crippen LogP contribution in [0.2, 0.25) is 0 Å². The Hall–Kier alpha value is -1.67. The lowest BCUT2D eigenvalue weighted by atomic mass is 10.0. The van der Waals surface area contributed by atoms with E-state index in [1.807, 2.05) is 6.20 Å². The molecule has 1 aromatic carbocycles. The smallest absolute Gasteiger partial charge is 0.0419 e. The number of pyridine rings is 1. The van der Waals surface area contributed by atoms with Crippen LogP contribution < -0.4 is 5.73 Å². The fourth-order valence-electron chi connectivity index (χ4n) is 2.95. The fraction of sp³-hybridized carbons (Fsp3) is 0.389. The molecule has 20 heavy (non-hydrogen) atoms. The van der Waals surface area contributed by atoms with Crippen LogP contribution in [-0.2, 0) is 12.8 Å². The standard InChI is InChI=1S/C18H22N2/c1-2-13-8-9-15(20-12-13)10-18(19)17-11-16(17)14-6-4-3-5-7-14/h3-9,12,16-18H,2,10-11,19H2,1H3. The van der Waals surface area contributed by atoms with Crippen molar-refractivity contribution in [3.05, 3.63) is 65.5 Å². The van der Waals surface area contributed by atoms with Crippen molar-refractivity contribution in [3.8, 4) is 0 Å². The van der Waals surface area contributed by atoms with E-state index in [1.54, 1.807) is 0 Å². The molecule has 3 rings (SSSR count). The number of hydrogen-bond donors (Lipinski definition) is 1. The lowest BCUT2D eigenvalue weighted by molar-refractivity contribution is 0.571. The lowest BCUT2D eigenvalue weighted by Gasteiger charge is -2.11. The summed E-state index contributed by atoms with van der Waals surface area (Å²) < 4.78 is 0. The van der Waals surface area contributed by atoms with Gasteiger partial charge in [-0.25, -0.2) is 0 Å². The molecule has 0 amide bonds. The highest BCUT2D eigenvalue weighted by Gasteiger charge is 2.42. The van der Waals surface area contributed by atoms with Crippen molar-refractivity contribution in [2.24, 2.45) is 11.7 Å². The summed E-state index contributed by atoms with van der Waals surface area (Å²) in [5.74, 6) is 1.27. The zero-order chi connectivity index (χ0) is 13.9. The van der Waals surface area contributed by atoms with Crippen LogP contribution in [0.1, 0.15) is 36.1 Å². The van der Waals surface area contributed by atoms with Crippen molar-refractivity contribution in [3.63, 3.8) is 0 Å². The molecule has 2 N–H and O–H groups in total. The van der Waals surface area contributed by atoms with Crippen molar-refractivity contribution in [1.29, 1.82) is 0 Å². The highest BCUT2D eigenvalue weighted by atomic mass is 14.7. The highest BCUT2D eigenvalue weighted by molar-refractivity contribution is 5.27. The highest BCUT2D eigenvalue weighted by Crippen LogP contribution is 2.49. The number of nitrogens with two attached hydrogens (primary N) is 1. The van der Waals surface area contributed by atoms with Crippen LogP contribution in [-0.4, -0.2) is 11.0 Å². The molecule has 1 heterocycles. The molecule has 0 bridgehead atoms. The largest absolute Gasteiger partial charge is 0.327 e. The van der Waals surface area contributed by atoms with Crippen molar-refractivity contribution in [1.82, 2.24) is 4.98 Å². The molecule has 1 fully saturated rings. The fourth-order valence-corrected chi connectivity index (χ4v) is 2.95. The Bertz CT molecular complexity index is 547. The zero-order valence-corrected chi connectivity index (χ0v) is 12.0. The van der Waals surface area contributed by atoms with Gasteiger partial charge in [-0.05, 0) is 41.9 Å². The first-order chi connectivity index (χ1) is 9.78. The van der Waals surface area contributed by atoms with Crippen molar-refractivity contribution < 1.29 is 0 Å². The Morgan fingerprint density at radius 1 is 1.20 bits per heavy atom. The van der Waals surface area contributed by atoms with E-state index in [4.69, 9.17) is 5.73 Å². The third kappa shape index (κ3) is 2.91. The summed E-state index contributed by atoms with van der Waals surface area (Å²) in [4.78, 5) is 4.52. The van der Waals surface area contributed by atoms with E-state index in [2.05, 4.69) is 54.4 Å². The Morgan fingerprint density at radius 3 is 2.65 bits per heavy atom. The Balaban J connectivity index is 1.59. The molecule has 104 valence electrons. The van der Waals surface area contributed by atoms with E-state index in [1.165, 1.54) is 17.5 Å². The minimum atomic E-state index is 0.222. The van der Waals surface area contributed by atoms with Crippen LogP contribution in [0.15, 0.2) is 48.7 Å². The summed E-state index contributed by atoms with van der Waals surface area (Å²) in [6.45, 7) is 2.15. The van der Waals surface area contributed by atoms with E-state index in [9.17, 15) is 0 Å². The van der Waals surface area contributed by atoms with Gasteiger partial charge in [0.05, 0.1) is 0 Å². The van der Waals surface area contributed by atoms with Gasteiger partial charge in [0.1, 0.15) is 0 Å². The first-order valence-corrected chi connectivity index (χ1v) is 7.52. The van der Waals surface area contributed by atoms with Gasteiger partial charge in [-0.2, -0.15) is 0 Å². The normalized spacial score (nSPS) is 22.5. The first kappa shape index (κ1) is 13.3. The molecule has 2 aromatic rings. The molecule has 0 radical (unpaired) electrons. The van der Waals surface area contributed by atoms with Gasteiger partial charge in [-0.3, -0.25) is 4.98 Å². The number of rotatable bonds is 5. The van der Waals surface area contributed by atoms with E-state index >= 15 is 0 Å². The maximum Gasteiger partial charge on any atom is 0.0419 e. The lowest BCUT2D eigenvalue weighted by Crippen LogP contribution is -2.26. The Kier molecular flexibility index (Phi) is 3.83. The van der Waals surface area contributed by atoms with Crippen molar-refractivity contribution in [2.75, 3.05) is 0 Å². The molecule has 1 aromatic heterocycles. The minimum Gasteiger partial charge on any atom is -0.327 e. The van der Waals surface area contributed by atoms with Gasteiger partial charge in [0.15, 0.2) is 0 Å². The summed E-state index contributed by atoms with van der Waals surface area (Å²) >= 11 is 0. The number of benzene rings is 1. The van der Waals surface area contributed by atoms with E-state index in [0.29, 0.717) is 11.8 Å². The predicted octanol–water partition coefficient (Wildman–Crippen LogP) is 3.32. The average molecular weight is 266 g/mol. The zero-order valence-electron chi connectivity index (χ0n) is 12.0. The third-order valence-corrected chi connectivity index (χ3v) is 4.36. The van der Waals surface area contributed by atoms with Gasteiger partial charge < -0.3 is 5.73 Å². The Morgan fingerprint density at radius 2 is 2.00 bits per heavy atom. The van der Waals surface area contributed by atoms with Gasteiger partial charge in [0.2, 0.25) is 0 Å². The summed E-state index contributed by atoms with van der Waals surface area (Å²) in [6, 6.07) is 15.2. The molecule has 3 atom stereocenters. The van der Waals surface area contributed by atoms with Gasteiger partial charge in [0, 0.05) is 24.4 Å². The second kappa shape index (κ2) is 5.76. The van der Waals surface area contributed by atoms with Crippen molar-refractivity contribution in [2.45, 2.75) is 38.1 Å². The molecule has 1 saturated carbocycles. The molecule has 0 saturated heterocycles. The van der Waals surface area contributed by atoms with Gasteiger partial charge >= 0.3 is 0 Å². The number of nitrogens with zero attached hydrogens (tertiary/aromatic N) is 1. The maximum atomic E-state index is 6.37. The molecule has 3 unspecified atom stereocenters. The van der Waals surface area contributed by atoms with Crippen LogP contribution in [0.5, 0.6) is 0 Å². The molecule has 1 aliphatic carbocycles. The number of aromatic nitrogens is 1. The minimum absolute atomic E-state index is 0.222. The van der Waals surface area contributed by atoms with Gasteiger partial charge in [-0.15, -0.1) is 0 Å². The summed E-state index contributed by atoms with van der Waals surface area (Å²) in [5.41, 5.74) is 10.2. The van der Waals surface area contributed by atoms with Crippen molar-refractivity contribution >= 4 is 0 Å². The maximum absolute atomic E-state index is 6.37.